The minimum Gasteiger partial charge on any atom is -0.478 e. The largest absolute Gasteiger partial charge is 0.478 e. The van der Waals surface area contributed by atoms with Crippen LogP contribution in [0.2, 0.25) is 0 Å². The Balaban J connectivity index is 2.70. The number of carbonyl (C=O) groups is 2. The van der Waals surface area contributed by atoms with Gasteiger partial charge in [-0.2, -0.15) is 0 Å². The summed E-state index contributed by atoms with van der Waals surface area (Å²) in [5.41, 5.74) is 0.577. The van der Waals surface area contributed by atoms with E-state index in [1.54, 1.807) is 24.3 Å². The standard InChI is InChI=1S/C14H9NO5/c16-8-9-3-1-2-4-13(9)10-5-11(14(17)18)7-12(6-10)15(19)20/h1-8H,(H,17,18). The van der Waals surface area contributed by atoms with Crippen LogP contribution in [-0.2, 0) is 0 Å². The third-order valence-corrected chi connectivity index (χ3v) is 2.77. The van der Waals surface area contributed by atoms with Crippen molar-refractivity contribution in [2.24, 2.45) is 0 Å². The van der Waals surface area contributed by atoms with E-state index in [-0.39, 0.29) is 11.3 Å². The Morgan fingerprint density at radius 3 is 2.50 bits per heavy atom. The van der Waals surface area contributed by atoms with Crippen LogP contribution in [-0.4, -0.2) is 22.3 Å². The fourth-order valence-electron chi connectivity index (χ4n) is 1.86. The first-order valence-electron chi connectivity index (χ1n) is 5.60. The lowest BCUT2D eigenvalue weighted by Crippen LogP contribution is -2.00. The molecule has 20 heavy (non-hydrogen) atoms. The van der Waals surface area contributed by atoms with Gasteiger partial charge in [0.2, 0.25) is 0 Å². The Hall–Kier alpha value is -3.02. The van der Waals surface area contributed by atoms with Gasteiger partial charge >= 0.3 is 5.97 Å². The van der Waals surface area contributed by atoms with Crippen molar-refractivity contribution in [3.8, 4) is 11.1 Å². The maximum atomic E-state index is 11.0. The average Bonchev–Trinajstić information content (AvgIpc) is 2.46. The van der Waals surface area contributed by atoms with Gasteiger partial charge in [-0.1, -0.05) is 24.3 Å². The van der Waals surface area contributed by atoms with Gasteiger partial charge < -0.3 is 5.11 Å². The first-order valence-corrected chi connectivity index (χ1v) is 5.60. The van der Waals surface area contributed by atoms with Crippen LogP contribution in [0, 0.1) is 10.1 Å². The first kappa shape index (κ1) is 13.4. The molecule has 0 bridgehead atoms. The maximum absolute atomic E-state index is 11.0. The second kappa shape index (κ2) is 5.31. The molecule has 0 aliphatic rings. The van der Waals surface area contributed by atoms with Gasteiger partial charge in [-0.25, -0.2) is 4.79 Å². The molecule has 2 rings (SSSR count). The molecule has 2 aromatic rings. The molecule has 0 saturated carbocycles. The Morgan fingerprint density at radius 2 is 1.90 bits per heavy atom. The number of hydrogen-bond acceptors (Lipinski definition) is 4. The molecule has 1 N–H and O–H groups in total. The highest BCUT2D eigenvalue weighted by molar-refractivity contribution is 5.93. The second-order valence-corrected chi connectivity index (χ2v) is 4.04. The lowest BCUT2D eigenvalue weighted by molar-refractivity contribution is -0.384. The molecular formula is C14H9NO5. The zero-order valence-corrected chi connectivity index (χ0v) is 10.1. The number of nitrogens with zero attached hydrogens (tertiary/aromatic N) is 1. The molecule has 0 aromatic heterocycles. The van der Waals surface area contributed by atoms with Gasteiger partial charge in [0.25, 0.3) is 5.69 Å². The molecular weight excluding hydrogens is 262 g/mol. The number of carbonyl (C=O) groups excluding carboxylic acids is 1. The van der Waals surface area contributed by atoms with Crippen LogP contribution in [0.5, 0.6) is 0 Å². The van der Waals surface area contributed by atoms with Crippen molar-refractivity contribution in [2.75, 3.05) is 0 Å². The summed E-state index contributed by atoms with van der Waals surface area (Å²) in [7, 11) is 0. The molecule has 0 spiro atoms. The lowest BCUT2D eigenvalue weighted by atomic mass is 9.98. The van der Waals surface area contributed by atoms with E-state index in [1.165, 1.54) is 12.1 Å². The predicted octanol–water partition coefficient (Wildman–Crippen LogP) is 2.77. The molecule has 0 fully saturated rings. The second-order valence-electron chi connectivity index (χ2n) is 4.04. The van der Waals surface area contributed by atoms with Gasteiger partial charge in [0, 0.05) is 17.7 Å². The molecule has 6 nitrogen and oxygen atoms in total. The lowest BCUT2D eigenvalue weighted by Gasteiger charge is -2.06. The van der Waals surface area contributed by atoms with Crippen molar-refractivity contribution < 1.29 is 19.6 Å². The highest BCUT2D eigenvalue weighted by Crippen LogP contribution is 2.28. The van der Waals surface area contributed by atoms with Crippen LogP contribution in [0.4, 0.5) is 5.69 Å². The number of carboxylic acid groups (broad SMARTS) is 1. The molecule has 100 valence electrons. The van der Waals surface area contributed by atoms with E-state index in [0.29, 0.717) is 23.0 Å². The molecule has 0 aliphatic heterocycles. The molecule has 0 saturated heterocycles. The van der Waals surface area contributed by atoms with Crippen LogP contribution in [0.3, 0.4) is 0 Å². The van der Waals surface area contributed by atoms with Crippen LogP contribution in [0.1, 0.15) is 20.7 Å². The van der Waals surface area contributed by atoms with E-state index in [9.17, 15) is 19.7 Å². The minimum atomic E-state index is -1.27. The predicted molar refractivity (Wildman–Crippen MR) is 70.9 cm³/mol. The maximum Gasteiger partial charge on any atom is 0.335 e. The van der Waals surface area contributed by atoms with Gasteiger partial charge in [0.05, 0.1) is 10.5 Å². The molecule has 0 amide bonds. The number of aromatic carboxylic acids is 1. The van der Waals surface area contributed by atoms with E-state index in [1.807, 2.05) is 0 Å². The molecule has 0 aliphatic carbocycles. The number of carboxylic acids is 1. The van der Waals surface area contributed by atoms with Gasteiger partial charge in [-0.3, -0.25) is 14.9 Å². The number of rotatable bonds is 4. The quantitative estimate of drug-likeness (QED) is 0.523. The highest BCUT2D eigenvalue weighted by Gasteiger charge is 2.15. The Kier molecular flexibility index (Phi) is 3.56. The first-order chi connectivity index (χ1) is 9.52. The SMILES string of the molecule is O=Cc1ccccc1-c1cc(C(=O)O)cc([N+](=O)[O-])c1. The minimum absolute atomic E-state index is 0.199. The van der Waals surface area contributed by atoms with Gasteiger partial charge in [-0.05, 0) is 17.2 Å². The zero-order chi connectivity index (χ0) is 14.7. The number of non-ortho nitro benzene ring substituents is 1. The average molecular weight is 271 g/mol. The van der Waals surface area contributed by atoms with Crippen molar-refractivity contribution in [1.29, 1.82) is 0 Å². The van der Waals surface area contributed by atoms with Crippen LogP contribution >= 0.6 is 0 Å². The summed E-state index contributed by atoms with van der Waals surface area (Å²) in [4.78, 5) is 32.2. The van der Waals surface area contributed by atoms with E-state index in [4.69, 9.17) is 5.11 Å². The Bertz CT molecular complexity index is 676. The number of hydrogen-bond donors (Lipinski definition) is 1. The number of nitro benzene ring substituents is 1. The fraction of sp³-hybridized carbons (Fsp3) is 0. The highest BCUT2D eigenvalue weighted by atomic mass is 16.6. The smallest absolute Gasteiger partial charge is 0.335 e. The van der Waals surface area contributed by atoms with Crippen LogP contribution < -0.4 is 0 Å². The number of benzene rings is 2. The van der Waals surface area contributed by atoms with Crippen molar-refractivity contribution >= 4 is 17.9 Å². The van der Waals surface area contributed by atoms with Gasteiger partial charge in [0.1, 0.15) is 0 Å². The summed E-state index contributed by atoms with van der Waals surface area (Å²) < 4.78 is 0. The van der Waals surface area contributed by atoms with Crippen molar-refractivity contribution in [3.05, 3.63) is 63.7 Å². The van der Waals surface area contributed by atoms with E-state index >= 15 is 0 Å². The summed E-state index contributed by atoms with van der Waals surface area (Å²) in [6.07, 6.45) is 0.620. The van der Waals surface area contributed by atoms with Crippen LogP contribution in [0.15, 0.2) is 42.5 Å². The normalized spacial score (nSPS) is 10.0. The third kappa shape index (κ3) is 2.54. The van der Waals surface area contributed by atoms with E-state index in [0.717, 1.165) is 6.07 Å². The molecule has 0 unspecified atom stereocenters. The summed E-state index contributed by atoms with van der Waals surface area (Å²) in [6, 6.07) is 10.0. The Morgan fingerprint density at radius 1 is 1.20 bits per heavy atom. The topological polar surface area (TPSA) is 97.5 Å². The van der Waals surface area contributed by atoms with Crippen LogP contribution in [0.25, 0.3) is 11.1 Å². The molecule has 0 heterocycles. The van der Waals surface area contributed by atoms with E-state index in [2.05, 4.69) is 0 Å². The Labute approximate surface area is 113 Å². The summed E-state index contributed by atoms with van der Waals surface area (Å²) in [5, 5.41) is 19.9. The van der Waals surface area contributed by atoms with Crippen molar-refractivity contribution in [2.45, 2.75) is 0 Å². The summed E-state index contributed by atoms with van der Waals surface area (Å²) in [6.45, 7) is 0. The van der Waals surface area contributed by atoms with Gasteiger partial charge in [0.15, 0.2) is 6.29 Å². The molecule has 0 atom stereocenters. The number of aldehydes is 1. The molecule has 6 heteroatoms. The summed E-state index contributed by atoms with van der Waals surface area (Å²) in [5.74, 6) is -1.27. The monoisotopic (exact) mass is 271 g/mol. The van der Waals surface area contributed by atoms with Gasteiger partial charge in [-0.15, -0.1) is 0 Å². The van der Waals surface area contributed by atoms with Crippen molar-refractivity contribution in [3.63, 3.8) is 0 Å². The zero-order valence-electron chi connectivity index (χ0n) is 10.1. The third-order valence-electron chi connectivity index (χ3n) is 2.77. The van der Waals surface area contributed by atoms with Crippen molar-refractivity contribution in [1.82, 2.24) is 0 Å². The fourth-order valence-corrected chi connectivity index (χ4v) is 1.86. The molecule has 0 radical (unpaired) electrons. The molecule has 2 aromatic carbocycles. The number of nitro groups is 1. The van der Waals surface area contributed by atoms with E-state index < -0.39 is 10.9 Å². The summed E-state index contributed by atoms with van der Waals surface area (Å²) >= 11 is 0.